The highest BCUT2D eigenvalue weighted by atomic mass is 19.1. The van der Waals surface area contributed by atoms with E-state index in [4.69, 9.17) is 4.74 Å². The molecule has 0 spiro atoms. The van der Waals surface area contributed by atoms with Gasteiger partial charge >= 0.3 is 5.97 Å². The van der Waals surface area contributed by atoms with Gasteiger partial charge in [-0.2, -0.15) is 0 Å². The number of hydrogen-bond acceptors (Lipinski definition) is 3. The molecule has 1 aromatic carbocycles. The van der Waals surface area contributed by atoms with Gasteiger partial charge in [0.1, 0.15) is 17.5 Å². The van der Waals surface area contributed by atoms with Crippen LogP contribution in [0.1, 0.15) is 33.3 Å². The van der Waals surface area contributed by atoms with Gasteiger partial charge in [0.15, 0.2) is 0 Å². The Morgan fingerprint density at radius 3 is 2.58 bits per heavy atom. The average molecular weight is 267 g/mol. The summed E-state index contributed by atoms with van der Waals surface area (Å²) >= 11 is 0. The van der Waals surface area contributed by atoms with Crippen molar-refractivity contribution in [2.75, 3.05) is 7.05 Å². The molecule has 3 nitrogen and oxygen atoms in total. The van der Waals surface area contributed by atoms with Crippen molar-refractivity contribution in [1.29, 1.82) is 0 Å². The quantitative estimate of drug-likeness (QED) is 0.785. The average Bonchev–Trinajstić information content (AvgIpc) is 2.25. The Morgan fingerprint density at radius 2 is 2.05 bits per heavy atom. The predicted octanol–water partition coefficient (Wildman–Crippen LogP) is 2.99. The van der Waals surface area contributed by atoms with Crippen LogP contribution in [0.4, 0.5) is 4.39 Å². The largest absolute Gasteiger partial charge is 0.459 e. The van der Waals surface area contributed by atoms with Gasteiger partial charge in [0.05, 0.1) is 0 Å². The maximum Gasteiger partial charge on any atom is 0.323 e. The lowest BCUT2D eigenvalue weighted by Crippen LogP contribution is -2.40. The molecule has 1 aromatic rings. The van der Waals surface area contributed by atoms with Crippen LogP contribution in [0, 0.1) is 5.82 Å². The summed E-state index contributed by atoms with van der Waals surface area (Å²) < 4.78 is 18.4. The van der Waals surface area contributed by atoms with Gasteiger partial charge in [-0.05, 0) is 52.4 Å². The van der Waals surface area contributed by atoms with Gasteiger partial charge < -0.3 is 4.74 Å². The molecule has 0 radical (unpaired) electrons. The number of carbonyl (C=O) groups excluding carboxylic acids is 1. The van der Waals surface area contributed by atoms with E-state index < -0.39 is 5.60 Å². The summed E-state index contributed by atoms with van der Waals surface area (Å²) in [4.78, 5) is 13.8. The molecule has 0 aliphatic rings. The maximum atomic E-state index is 13.1. The monoisotopic (exact) mass is 267 g/mol. The molecule has 1 unspecified atom stereocenters. The summed E-state index contributed by atoms with van der Waals surface area (Å²) in [5.41, 5.74) is 0.336. The number of likely N-dealkylation sites (N-methyl/N-ethyl adjacent to an activating group) is 1. The molecular formula is C15H22FNO2. The van der Waals surface area contributed by atoms with E-state index in [2.05, 4.69) is 0 Å². The van der Waals surface area contributed by atoms with Gasteiger partial charge in [0, 0.05) is 6.54 Å². The van der Waals surface area contributed by atoms with E-state index in [1.807, 2.05) is 38.8 Å². The minimum absolute atomic E-state index is 0.268. The number of rotatable bonds is 4. The molecule has 0 aliphatic carbocycles. The van der Waals surface area contributed by atoms with Crippen molar-refractivity contribution in [2.24, 2.45) is 0 Å². The first kappa shape index (κ1) is 15.6. The van der Waals surface area contributed by atoms with E-state index in [1.165, 1.54) is 12.1 Å². The third kappa shape index (κ3) is 5.39. The second-order valence-corrected chi connectivity index (χ2v) is 5.75. The van der Waals surface area contributed by atoms with Crippen LogP contribution in [0.15, 0.2) is 24.3 Å². The number of halogens is 1. The fraction of sp³-hybridized carbons (Fsp3) is 0.533. The molecule has 0 fully saturated rings. The van der Waals surface area contributed by atoms with Crippen molar-refractivity contribution in [1.82, 2.24) is 4.90 Å². The number of carbonyl (C=O) groups is 1. The Hall–Kier alpha value is -1.42. The highest BCUT2D eigenvalue weighted by Gasteiger charge is 2.24. The summed E-state index contributed by atoms with van der Waals surface area (Å²) in [5.74, 6) is -0.540. The molecule has 19 heavy (non-hydrogen) atoms. The number of ether oxygens (including phenoxy) is 1. The molecule has 0 aliphatic heterocycles. The Balaban J connectivity index is 2.62. The smallest absolute Gasteiger partial charge is 0.323 e. The topological polar surface area (TPSA) is 29.5 Å². The van der Waals surface area contributed by atoms with Gasteiger partial charge in [-0.15, -0.1) is 0 Å². The molecule has 0 saturated heterocycles. The SMILES string of the molecule is CC(C(=O)OC(C)(C)C)N(C)Cc1cccc(F)c1. The van der Waals surface area contributed by atoms with Crippen LogP contribution >= 0.6 is 0 Å². The molecule has 0 N–H and O–H groups in total. The summed E-state index contributed by atoms with van der Waals surface area (Å²) in [6.45, 7) is 7.80. The van der Waals surface area contributed by atoms with E-state index in [-0.39, 0.29) is 17.8 Å². The van der Waals surface area contributed by atoms with Crippen LogP contribution in [-0.4, -0.2) is 29.6 Å². The van der Waals surface area contributed by atoms with Crippen LogP contribution in [0.25, 0.3) is 0 Å². The number of esters is 1. The van der Waals surface area contributed by atoms with Crippen LogP contribution in [0.3, 0.4) is 0 Å². The van der Waals surface area contributed by atoms with E-state index in [0.29, 0.717) is 6.54 Å². The third-order valence-electron chi connectivity index (χ3n) is 2.73. The highest BCUT2D eigenvalue weighted by Crippen LogP contribution is 2.13. The minimum atomic E-state index is -0.495. The lowest BCUT2D eigenvalue weighted by atomic mass is 10.1. The van der Waals surface area contributed by atoms with Crippen molar-refractivity contribution in [3.63, 3.8) is 0 Å². The highest BCUT2D eigenvalue weighted by molar-refractivity contribution is 5.75. The van der Waals surface area contributed by atoms with Gasteiger partial charge in [0.25, 0.3) is 0 Å². The molecule has 106 valence electrons. The van der Waals surface area contributed by atoms with Gasteiger partial charge in [-0.25, -0.2) is 4.39 Å². The minimum Gasteiger partial charge on any atom is -0.459 e. The van der Waals surface area contributed by atoms with Crippen LogP contribution in [0.5, 0.6) is 0 Å². The molecule has 1 rings (SSSR count). The lowest BCUT2D eigenvalue weighted by molar-refractivity contribution is -0.160. The predicted molar refractivity (Wildman–Crippen MR) is 73.2 cm³/mol. The molecule has 0 aromatic heterocycles. The van der Waals surface area contributed by atoms with Crippen LogP contribution < -0.4 is 0 Å². The van der Waals surface area contributed by atoms with Gasteiger partial charge in [0.2, 0.25) is 0 Å². The molecule has 0 amide bonds. The first-order valence-electron chi connectivity index (χ1n) is 6.36. The van der Waals surface area contributed by atoms with Crippen molar-refractivity contribution in [3.8, 4) is 0 Å². The van der Waals surface area contributed by atoms with Crippen molar-refractivity contribution in [3.05, 3.63) is 35.6 Å². The molecular weight excluding hydrogens is 245 g/mol. The molecule has 0 saturated carbocycles. The first-order chi connectivity index (χ1) is 8.69. The summed E-state index contributed by atoms with van der Waals surface area (Å²) in [7, 11) is 1.82. The summed E-state index contributed by atoms with van der Waals surface area (Å²) in [6.07, 6.45) is 0. The third-order valence-corrected chi connectivity index (χ3v) is 2.73. The Kier molecular flexibility index (Phi) is 5.06. The normalized spacial score (nSPS) is 13.4. The van der Waals surface area contributed by atoms with Crippen molar-refractivity contribution in [2.45, 2.75) is 45.9 Å². The second kappa shape index (κ2) is 6.15. The van der Waals surface area contributed by atoms with Crippen LogP contribution in [0.2, 0.25) is 0 Å². The van der Waals surface area contributed by atoms with E-state index in [1.54, 1.807) is 13.0 Å². The Bertz CT molecular complexity index is 440. The zero-order chi connectivity index (χ0) is 14.6. The van der Waals surface area contributed by atoms with E-state index >= 15 is 0 Å². The van der Waals surface area contributed by atoms with E-state index in [0.717, 1.165) is 5.56 Å². The first-order valence-corrected chi connectivity index (χ1v) is 6.36. The zero-order valence-electron chi connectivity index (χ0n) is 12.2. The van der Waals surface area contributed by atoms with E-state index in [9.17, 15) is 9.18 Å². The standard InChI is InChI=1S/C15H22FNO2/c1-11(14(18)19-15(2,3)4)17(5)10-12-7-6-8-13(16)9-12/h6-9,11H,10H2,1-5H3. The Morgan fingerprint density at radius 1 is 1.42 bits per heavy atom. The van der Waals surface area contributed by atoms with Gasteiger partial charge in [-0.1, -0.05) is 12.1 Å². The lowest BCUT2D eigenvalue weighted by Gasteiger charge is -2.27. The van der Waals surface area contributed by atoms with Gasteiger partial charge in [-0.3, -0.25) is 9.69 Å². The maximum absolute atomic E-state index is 13.1. The Labute approximate surface area is 114 Å². The van der Waals surface area contributed by atoms with Crippen molar-refractivity contribution >= 4 is 5.97 Å². The summed E-state index contributed by atoms with van der Waals surface area (Å²) in [5, 5.41) is 0. The fourth-order valence-corrected chi connectivity index (χ4v) is 1.63. The van der Waals surface area contributed by atoms with Crippen LogP contribution in [-0.2, 0) is 16.1 Å². The molecule has 0 bridgehead atoms. The number of nitrogens with zero attached hydrogens (tertiary/aromatic N) is 1. The fourth-order valence-electron chi connectivity index (χ4n) is 1.63. The zero-order valence-corrected chi connectivity index (χ0v) is 12.2. The molecule has 1 atom stereocenters. The molecule has 4 heteroatoms. The molecule has 0 heterocycles. The number of hydrogen-bond donors (Lipinski definition) is 0. The second-order valence-electron chi connectivity index (χ2n) is 5.75. The van der Waals surface area contributed by atoms with Crippen molar-refractivity contribution < 1.29 is 13.9 Å². The summed E-state index contributed by atoms with van der Waals surface area (Å²) in [6, 6.07) is 6.00. The number of benzene rings is 1.